The monoisotopic (exact) mass is 324 g/mol. The average Bonchev–Trinajstić information content (AvgIpc) is 2.77. The zero-order valence-electron chi connectivity index (χ0n) is 10.3. The lowest BCUT2D eigenvalue weighted by molar-refractivity contribution is -0.136. The highest BCUT2D eigenvalue weighted by Crippen LogP contribution is 2.32. The Bertz CT molecular complexity index is 595. The van der Waals surface area contributed by atoms with E-state index in [0.29, 0.717) is 22.6 Å². The van der Waals surface area contributed by atoms with Crippen LogP contribution in [-0.2, 0) is 11.2 Å². The van der Waals surface area contributed by atoms with Crippen LogP contribution in [0.4, 0.5) is 0 Å². The fraction of sp³-hybridized carbons (Fsp3) is 0.231. The highest BCUT2D eigenvalue weighted by atomic mass is 79.9. The van der Waals surface area contributed by atoms with Crippen molar-refractivity contribution in [1.82, 2.24) is 9.97 Å². The van der Waals surface area contributed by atoms with E-state index in [1.165, 1.54) is 0 Å². The van der Waals surface area contributed by atoms with Gasteiger partial charge in [-0.1, -0.05) is 12.1 Å². The first-order chi connectivity index (χ1) is 9.11. The summed E-state index contributed by atoms with van der Waals surface area (Å²) in [6, 6.07) is 7.51. The molecule has 100 valence electrons. The molecular formula is C13H13BrN2O3. The van der Waals surface area contributed by atoms with Gasteiger partial charge < -0.3 is 14.8 Å². The van der Waals surface area contributed by atoms with Crippen LogP contribution < -0.4 is 4.74 Å². The average molecular weight is 325 g/mol. The Morgan fingerprint density at radius 2 is 2.21 bits per heavy atom. The SMILES string of the molecule is COc1ccccc1-c1nc(Br)[nH]c1CCC(=O)O. The van der Waals surface area contributed by atoms with Crippen molar-refractivity contribution in [3.63, 3.8) is 0 Å². The molecule has 0 fully saturated rings. The number of imidazole rings is 1. The van der Waals surface area contributed by atoms with E-state index in [1.807, 2.05) is 24.3 Å². The van der Waals surface area contributed by atoms with Crippen molar-refractivity contribution >= 4 is 21.9 Å². The van der Waals surface area contributed by atoms with Gasteiger partial charge >= 0.3 is 5.97 Å². The second-order valence-electron chi connectivity index (χ2n) is 3.95. The van der Waals surface area contributed by atoms with Gasteiger partial charge in [0.25, 0.3) is 0 Å². The Labute approximate surface area is 118 Å². The molecule has 0 saturated heterocycles. The largest absolute Gasteiger partial charge is 0.496 e. The molecule has 19 heavy (non-hydrogen) atoms. The van der Waals surface area contributed by atoms with Gasteiger partial charge in [0.2, 0.25) is 0 Å². The lowest BCUT2D eigenvalue weighted by atomic mass is 10.1. The molecule has 2 N–H and O–H groups in total. The number of ether oxygens (including phenoxy) is 1. The fourth-order valence-corrected chi connectivity index (χ4v) is 2.27. The number of carboxylic acid groups (broad SMARTS) is 1. The number of carbonyl (C=O) groups is 1. The van der Waals surface area contributed by atoms with Gasteiger partial charge in [0, 0.05) is 17.7 Å². The quantitative estimate of drug-likeness (QED) is 0.886. The van der Waals surface area contributed by atoms with Gasteiger partial charge in [-0.25, -0.2) is 4.98 Å². The topological polar surface area (TPSA) is 75.2 Å². The first-order valence-corrected chi connectivity index (χ1v) is 6.50. The number of benzene rings is 1. The molecule has 0 saturated carbocycles. The summed E-state index contributed by atoms with van der Waals surface area (Å²) < 4.78 is 5.88. The molecule has 0 bridgehead atoms. The van der Waals surface area contributed by atoms with Crippen LogP contribution in [0.25, 0.3) is 11.3 Å². The Balaban J connectivity index is 2.41. The van der Waals surface area contributed by atoms with Crippen LogP contribution in [0.5, 0.6) is 5.75 Å². The van der Waals surface area contributed by atoms with Gasteiger partial charge in [-0.3, -0.25) is 4.79 Å². The molecule has 5 nitrogen and oxygen atoms in total. The van der Waals surface area contributed by atoms with E-state index in [4.69, 9.17) is 9.84 Å². The molecule has 0 radical (unpaired) electrons. The minimum absolute atomic E-state index is 0.0524. The molecule has 0 unspecified atom stereocenters. The van der Waals surface area contributed by atoms with Crippen LogP contribution >= 0.6 is 15.9 Å². The molecule has 0 aliphatic carbocycles. The van der Waals surface area contributed by atoms with Crippen molar-refractivity contribution in [3.05, 3.63) is 34.7 Å². The van der Waals surface area contributed by atoms with Crippen LogP contribution in [-0.4, -0.2) is 28.2 Å². The summed E-state index contributed by atoms with van der Waals surface area (Å²) in [6.45, 7) is 0. The number of methoxy groups -OCH3 is 1. The lowest BCUT2D eigenvalue weighted by Gasteiger charge is -2.07. The number of aromatic nitrogens is 2. The summed E-state index contributed by atoms with van der Waals surface area (Å²) in [5.74, 6) is -0.130. The molecule has 0 spiro atoms. The molecule has 1 aromatic carbocycles. The number of aliphatic carboxylic acids is 1. The van der Waals surface area contributed by atoms with Crippen LogP contribution in [0.1, 0.15) is 12.1 Å². The third-order valence-electron chi connectivity index (χ3n) is 2.70. The summed E-state index contributed by atoms with van der Waals surface area (Å²) in [4.78, 5) is 18.1. The van der Waals surface area contributed by atoms with E-state index in [2.05, 4.69) is 25.9 Å². The highest BCUT2D eigenvalue weighted by Gasteiger charge is 2.15. The number of hydrogen-bond donors (Lipinski definition) is 2. The summed E-state index contributed by atoms with van der Waals surface area (Å²) in [6.07, 6.45) is 0.443. The van der Waals surface area contributed by atoms with Crippen molar-refractivity contribution in [2.24, 2.45) is 0 Å². The van der Waals surface area contributed by atoms with Crippen LogP contribution in [0.15, 0.2) is 29.0 Å². The predicted octanol–water partition coefficient (Wildman–Crippen LogP) is 2.87. The maximum Gasteiger partial charge on any atom is 0.303 e. The van der Waals surface area contributed by atoms with E-state index in [1.54, 1.807) is 7.11 Å². The molecule has 6 heteroatoms. The number of carboxylic acids is 1. The molecule has 0 atom stereocenters. The Morgan fingerprint density at radius 1 is 1.47 bits per heavy atom. The van der Waals surface area contributed by atoms with Gasteiger partial charge in [-0.05, 0) is 28.1 Å². The number of H-pyrrole nitrogens is 1. The molecule has 1 aromatic heterocycles. The second-order valence-corrected chi connectivity index (χ2v) is 4.70. The molecular weight excluding hydrogens is 312 g/mol. The van der Waals surface area contributed by atoms with E-state index >= 15 is 0 Å². The van der Waals surface area contributed by atoms with Crippen molar-refractivity contribution in [1.29, 1.82) is 0 Å². The van der Waals surface area contributed by atoms with Crippen molar-refractivity contribution in [3.8, 4) is 17.0 Å². The number of aryl methyl sites for hydroxylation is 1. The molecule has 0 amide bonds. The maximum absolute atomic E-state index is 10.7. The molecule has 1 heterocycles. The van der Waals surface area contributed by atoms with Crippen LogP contribution in [0.2, 0.25) is 0 Å². The normalized spacial score (nSPS) is 10.4. The van der Waals surface area contributed by atoms with E-state index in [9.17, 15) is 4.79 Å². The summed E-state index contributed by atoms with van der Waals surface area (Å²) in [5, 5.41) is 8.77. The second kappa shape index (κ2) is 5.88. The number of rotatable bonds is 5. The number of nitrogens with zero attached hydrogens (tertiary/aromatic N) is 1. The Hall–Kier alpha value is -1.82. The van der Waals surface area contributed by atoms with E-state index in [0.717, 1.165) is 11.3 Å². The summed E-state index contributed by atoms with van der Waals surface area (Å²) in [7, 11) is 1.59. The van der Waals surface area contributed by atoms with E-state index in [-0.39, 0.29) is 6.42 Å². The molecule has 2 rings (SSSR count). The summed E-state index contributed by atoms with van der Waals surface area (Å²) >= 11 is 3.28. The van der Waals surface area contributed by atoms with Crippen LogP contribution in [0.3, 0.4) is 0 Å². The fourth-order valence-electron chi connectivity index (χ4n) is 1.85. The first-order valence-electron chi connectivity index (χ1n) is 5.71. The van der Waals surface area contributed by atoms with Gasteiger partial charge in [0.1, 0.15) is 5.75 Å². The summed E-state index contributed by atoms with van der Waals surface area (Å²) in [5.41, 5.74) is 2.33. The van der Waals surface area contributed by atoms with Gasteiger partial charge in [-0.2, -0.15) is 0 Å². The predicted molar refractivity (Wildman–Crippen MR) is 74.2 cm³/mol. The zero-order valence-corrected chi connectivity index (χ0v) is 11.9. The molecule has 0 aliphatic heterocycles. The Kier molecular flexibility index (Phi) is 4.21. The number of halogens is 1. The number of nitrogens with one attached hydrogen (secondary N) is 1. The Morgan fingerprint density at radius 3 is 2.89 bits per heavy atom. The highest BCUT2D eigenvalue weighted by molar-refractivity contribution is 9.10. The first kappa shape index (κ1) is 13.6. The van der Waals surface area contributed by atoms with Gasteiger partial charge in [-0.15, -0.1) is 0 Å². The third-order valence-corrected chi connectivity index (χ3v) is 3.08. The number of para-hydroxylation sites is 1. The number of hydrogen-bond acceptors (Lipinski definition) is 3. The lowest BCUT2D eigenvalue weighted by Crippen LogP contribution is -1.99. The maximum atomic E-state index is 10.7. The smallest absolute Gasteiger partial charge is 0.303 e. The minimum atomic E-state index is -0.836. The van der Waals surface area contributed by atoms with Crippen molar-refractivity contribution in [2.45, 2.75) is 12.8 Å². The van der Waals surface area contributed by atoms with Crippen molar-refractivity contribution in [2.75, 3.05) is 7.11 Å². The molecule has 2 aromatic rings. The third kappa shape index (κ3) is 3.14. The van der Waals surface area contributed by atoms with Crippen molar-refractivity contribution < 1.29 is 14.6 Å². The standard InChI is InChI=1S/C13H13BrN2O3/c1-19-10-5-3-2-4-8(10)12-9(6-7-11(17)18)15-13(14)16-12/h2-5H,6-7H2,1H3,(H,15,16)(H,17,18). The zero-order chi connectivity index (χ0) is 13.8. The van der Waals surface area contributed by atoms with Crippen LogP contribution in [0, 0.1) is 0 Å². The number of aromatic amines is 1. The molecule has 0 aliphatic rings. The minimum Gasteiger partial charge on any atom is -0.496 e. The van der Waals surface area contributed by atoms with Gasteiger partial charge in [0.15, 0.2) is 4.73 Å². The van der Waals surface area contributed by atoms with Gasteiger partial charge in [0.05, 0.1) is 19.2 Å². The van der Waals surface area contributed by atoms with E-state index < -0.39 is 5.97 Å².